The maximum atomic E-state index is 11.9. The van der Waals surface area contributed by atoms with E-state index in [1.54, 1.807) is 0 Å². The minimum absolute atomic E-state index is 0.0736. The summed E-state index contributed by atoms with van der Waals surface area (Å²) in [6, 6.07) is 10.3. The van der Waals surface area contributed by atoms with Crippen molar-refractivity contribution in [1.29, 1.82) is 0 Å². The predicted molar refractivity (Wildman–Crippen MR) is 68.3 cm³/mol. The fraction of sp³-hybridized carbons (Fsp3) is 0.400. The molecule has 2 rings (SSSR count). The van der Waals surface area contributed by atoms with Crippen LogP contribution in [-0.4, -0.2) is 11.9 Å². The van der Waals surface area contributed by atoms with Crippen LogP contribution in [0.5, 0.6) is 0 Å². The second-order valence-corrected chi connectivity index (χ2v) is 4.68. The summed E-state index contributed by atoms with van der Waals surface area (Å²) in [6.45, 7) is 1.94. The molecule has 2 heteroatoms. The molecule has 1 N–H and O–H groups in total. The fourth-order valence-electron chi connectivity index (χ4n) is 2.13. The highest BCUT2D eigenvalue weighted by Gasteiger charge is 2.43. The van der Waals surface area contributed by atoms with Crippen molar-refractivity contribution in [3.63, 3.8) is 0 Å². The predicted octanol–water partition coefficient (Wildman–Crippen LogP) is 2.32. The van der Waals surface area contributed by atoms with Crippen LogP contribution in [0.1, 0.15) is 31.2 Å². The van der Waals surface area contributed by atoms with Crippen LogP contribution in [0.25, 0.3) is 0 Å². The van der Waals surface area contributed by atoms with Gasteiger partial charge in [-0.1, -0.05) is 30.3 Å². The molecular formula is C15H17NO. The first kappa shape index (κ1) is 11.7. The Hall–Kier alpha value is -1.75. The van der Waals surface area contributed by atoms with Crippen LogP contribution in [0.2, 0.25) is 0 Å². The molecule has 1 amide bonds. The van der Waals surface area contributed by atoms with Crippen molar-refractivity contribution in [2.24, 2.45) is 5.92 Å². The van der Waals surface area contributed by atoms with Crippen molar-refractivity contribution < 1.29 is 4.79 Å². The van der Waals surface area contributed by atoms with Gasteiger partial charge in [0.2, 0.25) is 5.91 Å². The maximum absolute atomic E-state index is 11.9. The summed E-state index contributed by atoms with van der Waals surface area (Å²) in [6.07, 6.45) is 6.76. The molecule has 3 unspecified atom stereocenters. The van der Waals surface area contributed by atoms with Crippen LogP contribution in [-0.2, 0) is 4.79 Å². The van der Waals surface area contributed by atoms with Gasteiger partial charge in [-0.05, 0) is 24.8 Å². The van der Waals surface area contributed by atoms with E-state index >= 15 is 0 Å². The Bertz CT molecular complexity index is 432. The van der Waals surface area contributed by atoms with Gasteiger partial charge in [0.05, 0.1) is 0 Å². The zero-order valence-electron chi connectivity index (χ0n) is 10.0. The molecule has 1 fully saturated rings. The molecule has 3 atom stereocenters. The number of rotatable bonds is 4. The first-order valence-electron chi connectivity index (χ1n) is 6.01. The van der Waals surface area contributed by atoms with Crippen molar-refractivity contribution in [2.75, 3.05) is 0 Å². The molecule has 0 heterocycles. The lowest BCUT2D eigenvalue weighted by Gasteiger charge is -2.10. The highest BCUT2D eigenvalue weighted by atomic mass is 16.2. The molecule has 0 aliphatic heterocycles. The number of hydrogen-bond donors (Lipinski definition) is 1. The maximum Gasteiger partial charge on any atom is 0.223 e. The van der Waals surface area contributed by atoms with Gasteiger partial charge in [-0.15, -0.1) is 12.3 Å². The Morgan fingerprint density at radius 2 is 2.24 bits per heavy atom. The number of terminal acetylenes is 1. The summed E-state index contributed by atoms with van der Waals surface area (Å²) in [5.74, 6) is 3.23. The Morgan fingerprint density at radius 1 is 1.53 bits per heavy atom. The van der Waals surface area contributed by atoms with E-state index in [1.807, 2.05) is 25.1 Å². The zero-order valence-corrected chi connectivity index (χ0v) is 10.0. The highest BCUT2D eigenvalue weighted by Crippen LogP contribution is 2.47. The second-order valence-electron chi connectivity index (χ2n) is 4.68. The van der Waals surface area contributed by atoms with E-state index in [9.17, 15) is 4.79 Å². The van der Waals surface area contributed by atoms with E-state index in [1.165, 1.54) is 5.56 Å². The number of hydrogen-bond acceptors (Lipinski definition) is 1. The smallest absolute Gasteiger partial charge is 0.223 e. The second kappa shape index (κ2) is 5.05. The van der Waals surface area contributed by atoms with Crippen LogP contribution < -0.4 is 5.32 Å². The molecule has 0 radical (unpaired) electrons. The third kappa shape index (κ3) is 2.88. The van der Waals surface area contributed by atoms with Crippen molar-refractivity contribution in [1.82, 2.24) is 5.32 Å². The molecule has 88 valence electrons. The van der Waals surface area contributed by atoms with Crippen LogP contribution in [0.15, 0.2) is 30.3 Å². The van der Waals surface area contributed by atoms with E-state index in [0.717, 1.165) is 6.42 Å². The topological polar surface area (TPSA) is 29.1 Å². The minimum atomic E-state index is 0.0736. The summed E-state index contributed by atoms with van der Waals surface area (Å²) < 4.78 is 0. The molecule has 1 aromatic rings. The normalized spacial score (nSPS) is 23.5. The lowest BCUT2D eigenvalue weighted by Crippen LogP contribution is -2.33. The van der Waals surface area contributed by atoms with Gasteiger partial charge in [0.1, 0.15) is 0 Å². The van der Waals surface area contributed by atoms with Gasteiger partial charge in [0.15, 0.2) is 0 Å². The molecule has 1 aliphatic carbocycles. The molecule has 0 saturated heterocycles. The first-order chi connectivity index (χ1) is 8.22. The Kier molecular flexibility index (Phi) is 3.49. The van der Waals surface area contributed by atoms with Gasteiger partial charge in [0.25, 0.3) is 0 Å². The SMILES string of the molecule is C#CCC(C)NC(=O)C1CC1c1ccccc1. The van der Waals surface area contributed by atoms with Crippen molar-refractivity contribution in [3.8, 4) is 12.3 Å². The lowest BCUT2D eigenvalue weighted by molar-refractivity contribution is -0.122. The number of carbonyl (C=O) groups is 1. The zero-order chi connectivity index (χ0) is 12.3. The molecular weight excluding hydrogens is 210 g/mol. The molecule has 0 bridgehead atoms. The number of benzene rings is 1. The van der Waals surface area contributed by atoms with Gasteiger partial charge < -0.3 is 5.32 Å². The van der Waals surface area contributed by atoms with E-state index in [-0.39, 0.29) is 17.9 Å². The van der Waals surface area contributed by atoms with E-state index in [0.29, 0.717) is 12.3 Å². The third-order valence-electron chi connectivity index (χ3n) is 3.17. The molecule has 0 spiro atoms. The summed E-state index contributed by atoms with van der Waals surface area (Å²) in [7, 11) is 0. The van der Waals surface area contributed by atoms with Gasteiger partial charge in [0, 0.05) is 18.4 Å². The quantitative estimate of drug-likeness (QED) is 0.786. The average Bonchev–Trinajstić information content (AvgIpc) is 3.10. The average molecular weight is 227 g/mol. The largest absolute Gasteiger partial charge is 0.352 e. The Balaban J connectivity index is 1.87. The fourth-order valence-corrected chi connectivity index (χ4v) is 2.13. The summed E-state index contributed by atoms with van der Waals surface area (Å²) >= 11 is 0. The Labute approximate surface area is 102 Å². The number of amides is 1. The lowest BCUT2D eigenvalue weighted by atomic mass is 10.1. The summed E-state index contributed by atoms with van der Waals surface area (Å²) in [5.41, 5.74) is 1.26. The first-order valence-corrected chi connectivity index (χ1v) is 6.01. The van der Waals surface area contributed by atoms with Crippen LogP contribution >= 0.6 is 0 Å². The van der Waals surface area contributed by atoms with E-state index < -0.39 is 0 Å². The standard InChI is InChI=1S/C15H17NO/c1-3-7-11(2)16-15(17)14-10-13(14)12-8-5-4-6-9-12/h1,4-6,8-9,11,13-14H,7,10H2,2H3,(H,16,17). The summed E-state index contributed by atoms with van der Waals surface area (Å²) in [5, 5.41) is 2.96. The molecule has 1 aromatic carbocycles. The third-order valence-corrected chi connectivity index (χ3v) is 3.17. The van der Waals surface area contributed by atoms with Crippen molar-refractivity contribution in [3.05, 3.63) is 35.9 Å². The van der Waals surface area contributed by atoms with Crippen LogP contribution in [0, 0.1) is 18.3 Å². The van der Waals surface area contributed by atoms with Gasteiger partial charge in [-0.2, -0.15) is 0 Å². The van der Waals surface area contributed by atoms with Crippen LogP contribution in [0.3, 0.4) is 0 Å². The summed E-state index contributed by atoms with van der Waals surface area (Å²) in [4.78, 5) is 11.9. The van der Waals surface area contributed by atoms with E-state index in [4.69, 9.17) is 6.42 Å². The molecule has 1 saturated carbocycles. The van der Waals surface area contributed by atoms with Gasteiger partial charge in [-0.25, -0.2) is 0 Å². The van der Waals surface area contributed by atoms with Gasteiger partial charge >= 0.3 is 0 Å². The number of nitrogens with one attached hydrogen (secondary N) is 1. The highest BCUT2D eigenvalue weighted by molar-refractivity contribution is 5.83. The van der Waals surface area contributed by atoms with Crippen molar-refractivity contribution in [2.45, 2.75) is 31.7 Å². The van der Waals surface area contributed by atoms with Crippen molar-refractivity contribution >= 4 is 5.91 Å². The molecule has 2 nitrogen and oxygen atoms in total. The number of carbonyl (C=O) groups excluding carboxylic acids is 1. The molecule has 1 aliphatic rings. The van der Waals surface area contributed by atoms with E-state index in [2.05, 4.69) is 23.4 Å². The monoisotopic (exact) mass is 227 g/mol. The molecule has 0 aromatic heterocycles. The Morgan fingerprint density at radius 3 is 2.88 bits per heavy atom. The van der Waals surface area contributed by atoms with Gasteiger partial charge in [-0.3, -0.25) is 4.79 Å². The minimum Gasteiger partial charge on any atom is -0.352 e. The molecule has 17 heavy (non-hydrogen) atoms. The van der Waals surface area contributed by atoms with Crippen LogP contribution in [0.4, 0.5) is 0 Å².